The van der Waals surface area contributed by atoms with E-state index in [4.69, 9.17) is 11.1 Å². The zero-order valence-electron chi connectivity index (χ0n) is 9.91. The Balaban J connectivity index is 2.17. The predicted octanol–water partition coefficient (Wildman–Crippen LogP) is 1.48. The van der Waals surface area contributed by atoms with Crippen molar-refractivity contribution in [3.05, 3.63) is 28.2 Å². The van der Waals surface area contributed by atoms with Crippen LogP contribution in [0.2, 0.25) is 0 Å². The fourth-order valence-corrected chi connectivity index (χ4v) is 2.56. The van der Waals surface area contributed by atoms with Gasteiger partial charge in [0, 0.05) is 41.9 Å². The van der Waals surface area contributed by atoms with Crippen LogP contribution in [0.4, 0.5) is 5.69 Å². The summed E-state index contributed by atoms with van der Waals surface area (Å²) in [5.41, 5.74) is 7.44. The summed E-state index contributed by atoms with van der Waals surface area (Å²) < 4.78 is 0.890. The summed E-state index contributed by atoms with van der Waals surface area (Å²) in [4.78, 5) is 4.68. The Morgan fingerprint density at radius 3 is 2.47 bits per heavy atom. The number of nitrogens with zero attached hydrogens (tertiary/aromatic N) is 2. The molecule has 0 spiro atoms. The SMILES string of the molecule is CN1CCN(c2ccc(C(=N)N)c(Br)c2)CC1. The van der Waals surface area contributed by atoms with Gasteiger partial charge >= 0.3 is 0 Å². The van der Waals surface area contributed by atoms with Crippen molar-refractivity contribution in [1.29, 1.82) is 5.41 Å². The molecule has 5 heteroatoms. The Kier molecular flexibility index (Phi) is 3.69. The standard InChI is InChI=1S/C12H17BrN4/c1-16-4-6-17(7-5-16)9-2-3-10(12(14)15)11(13)8-9/h2-3,8H,4-7H2,1H3,(H3,14,15). The molecule has 1 aliphatic heterocycles. The van der Waals surface area contributed by atoms with Crippen molar-refractivity contribution >= 4 is 27.5 Å². The number of anilines is 1. The zero-order chi connectivity index (χ0) is 12.4. The van der Waals surface area contributed by atoms with Crippen molar-refractivity contribution in [2.75, 3.05) is 38.1 Å². The molecular weight excluding hydrogens is 280 g/mol. The molecular formula is C12H17BrN4. The maximum Gasteiger partial charge on any atom is 0.123 e. The van der Waals surface area contributed by atoms with Crippen molar-refractivity contribution in [2.24, 2.45) is 5.73 Å². The number of rotatable bonds is 2. The Hall–Kier alpha value is -1.07. The summed E-state index contributed by atoms with van der Waals surface area (Å²) in [6.45, 7) is 4.27. The lowest BCUT2D eigenvalue weighted by atomic mass is 10.1. The zero-order valence-corrected chi connectivity index (χ0v) is 11.5. The predicted molar refractivity (Wildman–Crippen MR) is 74.9 cm³/mol. The van der Waals surface area contributed by atoms with Crippen LogP contribution in [-0.4, -0.2) is 44.0 Å². The number of nitrogens with two attached hydrogens (primary N) is 1. The third-order valence-corrected chi connectivity index (χ3v) is 3.77. The number of hydrogen-bond donors (Lipinski definition) is 2. The second-order valence-electron chi connectivity index (χ2n) is 4.37. The molecule has 0 amide bonds. The van der Waals surface area contributed by atoms with Crippen LogP contribution >= 0.6 is 15.9 Å². The molecule has 0 unspecified atom stereocenters. The molecule has 1 aromatic carbocycles. The monoisotopic (exact) mass is 296 g/mol. The second-order valence-corrected chi connectivity index (χ2v) is 5.22. The molecule has 1 aliphatic rings. The van der Waals surface area contributed by atoms with E-state index in [0.29, 0.717) is 0 Å². The summed E-state index contributed by atoms with van der Waals surface area (Å²) in [5, 5.41) is 7.45. The molecule has 0 radical (unpaired) electrons. The minimum absolute atomic E-state index is 0.0989. The van der Waals surface area contributed by atoms with E-state index in [1.54, 1.807) is 0 Å². The highest BCUT2D eigenvalue weighted by Gasteiger charge is 2.15. The Morgan fingerprint density at radius 2 is 1.94 bits per heavy atom. The van der Waals surface area contributed by atoms with E-state index in [0.717, 1.165) is 36.2 Å². The number of benzene rings is 1. The highest BCUT2D eigenvalue weighted by molar-refractivity contribution is 9.10. The fraction of sp³-hybridized carbons (Fsp3) is 0.417. The van der Waals surface area contributed by atoms with Gasteiger partial charge in [0.25, 0.3) is 0 Å². The number of halogens is 1. The summed E-state index contributed by atoms with van der Waals surface area (Å²) in [5.74, 6) is 0.0989. The molecule has 17 heavy (non-hydrogen) atoms. The van der Waals surface area contributed by atoms with E-state index in [1.807, 2.05) is 18.2 Å². The molecule has 3 N–H and O–H groups in total. The van der Waals surface area contributed by atoms with Crippen LogP contribution in [0.15, 0.2) is 22.7 Å². The van der Waals surface area contributed by atoms with Gasteiger partial charge in [0.15, 0.2) is 0 Å². The van der Waals surface area contributed by atoms with Gasteiger partial charge in [-0.3, -0.25) is 5.41 Å². The number of amidine groups is 1. The Morgan fingerprint density at radius 1 is 1.29 bits per heavy atom. The maximum atomic E-state index is 7.45. The third-order valence-electron chi connectivity index (χ3n) is 3.11. The van der Waals surface area contributed by atoms with Crippen molar-refractivity contribution < 1.29 is 0 Å². The molecule has 1 saturated heterocycles. The van der Waals surface area contributed by atoms with Gasteiger partial charge < -0.3 is 15.5 Å². The number of likely N-dealkylation sites (N-methyl/N-ethyl adjacent to an activating group) is 1. The van der Waals surface area contributed by atoms with Crippen LogP contribution in [0.5, 0.6) is 0 Å². The highest BCUT2D eigenvalue weighted by atomic mass is 79.9. The third kappa shape index (κ3) is 2.79. The van der Waals surface area contributed by atoms with E-state index < -0.39 is 0 Å². The molecule has 92 valence electrons. The van der Waals surface area contributed by atoms with E-state index in [2.05, 4.69) is 32.8 Å². The number of nitrogens with one attached hydrogen (secondary N) is 1. The van der Waals surface area contributed by atoms with E-state index in [1.165, 1.54) is 5.69 Å². The molecule has 0 aliphatic carbocycles. The average Bonchev–Trinajstić information content (AvgIpc) is 2.29. The van der Waals surface area contributed by atoms with Gasteiger partial charge in [0.2, 0.25) is 0 Å². The molecule has 1 heterocycles. The molecule has 0 saturated carbocycles. The number of hydrogen-bond acceptors (Lipinski definition) is 3. The van der Waals surface area contributed by atoms with Gasteiger partial charge in [-0.05, 0) is 41.2 Å². The topological polar surface area (TPSA) is 56.4 Å². The summed E-state index contributed by atoms with van der Waals surface area (Å²) in [6, 6.07) is 5.98. The van der Waals surface area contributed by atoms with Gasteiger partial charge in [-0.25, -0.2) is 0 Å². The van der Waals surface area contributed by atoms with Gasteiger partial charge in [-0.15, -0.1) is 0 Å². The quantitative estimate of drug-likeness (QED) is 0.642. The summed E-state index contributed by atoms with van der Waals surface area (Å²) in [7, 11) is 2.14. The minimum Gasteiger partial charge on any atom is -0.384 e. The van der Waals surface area contributed by atoms with Gasteiger partial charge in [0.05, 0.1) is 0 Å². The van der Waals surface area contributed by atoms with E-state index in [9.17, 15) is 0 Å². The fourth-order valence-electron chi connectivity index (χ4n) is 1.98. The first-order valence-corrected chi connectivity index (χ1v) is 6.44. The van der Waals surface area contributed by atoms with Crippen LogP contribution < -0.4 is 10.6 Å². The van der Waals surface area contributed by atoms with Gasteiger partial charge in [0.1, 0.15) is 5.84 Å². The van der Waals surface area contributed by atoms with Gasteiger partial charge in [-0.2, -0.15) is 0 Å². The smallest absolute Gasteiger partial charge is 0.123 e. The highest BCUT2D eigenvalue weighted by Crippen LogP contribution is 2.24. The lowest BCUT2D eigenvalue weighted by molar-refractivity contribution is 0.313. The van der Waals surface area contributed by atoms with Crippen molar-refractivity contribution in [1.82, 2.24) is 4.90 Å². The first-order chi connectivity index (χ1) is 8.08. The summed E-state index contributed by atoms with van der Waals surface area (Å²) in [6.07, 6.45) is 0. The van der Waals surface area contributed by atoms with Crippen LogP contribution in [0, 0.1) is 5.41 Å². The summed E-state index contributed by atoms with van der Waals surface area (Å²) >= 11 is 3.47. The van der Waals surface area contributed by atoms with E-state index in [-0.39, 0.29) is 5.84 Å². The molecule has 4 nitrogen and oxygen atoms in total. The number of piperazine rings is 1. The van der Waals surface area contributed by atoms with E-state index >= 15 is 0 Å². The van der Waals surface area contributed by atoms with Crippen molar-refractivity contribution in [2.45, 2.75) is 0 Å². The molecule has 2 rings (SSSR count). The minimum atomic E-state index is 0.0989. The Labute approximate surface area is 110 Å². The molecule has 1 fully saturated rings. The second kappa shape index (κ2) is 5.06. The van der Waals surface area contributed by atoms with Crippen molar-refractivity contribution in [3.63, 3.8) is 0 Å². The normalized spacial score (nSPS) is 17.2. The maximum absolute atomic E-state index is 7.45. The molecule has 0 bridgehead atoms. The molecule has 1 aromatic rings. The molecule has 0 atom stereocenters. The lowest BCUT2D eigenvalue weighted by Crippen LogP contribution is -2.44. The van der Waals surface area contributed by atoms with Gasteiger partial charge in [-0.1, -0.05) is 0 Å². The Bertz CT molecular complexity index is 425. The largest absolute Gasteiger partial charge is 0.384 e. The van der Waals surface area contributed by atoms with Crippen LogP contribution in [0.25, 0.3) is 0 Å². The lowest BCUT2D eigenvalue weighted by Gasteiger charge is -2.34. The van der Waals surface area contributed by atoms with Crippen LogP contribution in [0.3, 0.4) is 0 Å². The first-order valence-electron chi connectivity index (χ1n) is 5.65. The number of nitrogen functional groups attached to an aromatic ring is 1. The van der Waals surface area contributed by atoms with Crippen LogP contribution in [0.1, 0.15) is 5.56 Å². The van der Waals surface area contributed by atoms with Crippen LogP contribution in [-0.2, 0) is 0 Å². The van der Waals surface area contributed by atoms with Crippen molar-refractivity contribution in [3.8, 4) is 0 Å². The first kappa shape index (κ1) is 12.4. The average molecular weight is 297 g/mol. The molecule has 0 aromatic heterocycles.